The molecule has 1 aromatic carbocycles. The van der Waals surface area contributed by atoms with E-state index in [-0.39, 0.29) is 11.9 Å². The van der Waals surface area contributed by atoms with E-state index in [0.717, 1.165) is 5.56 Å². The highest BCUT2D eigenvalue weighted by atomic mass is 19.1. The zero-order valence-corrected chi connectivity index (χ0v) is 10.7. The quantitative estimate of drug-likeness (QED) is 0.905. The number of benzene rings is 1. The molecule has 1 heterocycles. The highest BCUT2D eigenvalue weighted by Gasteiger charge is 2.09. The van der Waals surface area contributed by atoms with Gasteiger partial charge in [0.25, 0.3) is 0 Å². The Hall–Kier alpha value is -1.75. The maximum absolute atomic E-state index is 13.4. The van der Waals surface area contributed by atoms with Gasteiger partial charge in [0.2, 0.25) is 5.89 Å². The number of aromatic nitrogens is 2. The number of halogens is 1. The van der Waals surface area contributed by atoms with Crippen LogP contribution in [0.5, 0.6) is 0 Å². The molecule has 1 unspecified atom stereocenters. The molecular formula is C13H16FN3O. The van der Waals surface area contributed by atoms with Gasteiger partial charge >= 0.3 is 0 Å². The van der Waals surface area contributed by atoms with E-state index in [2.05, 4.69) is 15.5 Å². The zero-order valence-electron chi connectivity index (χ0n) is 10.7. The van der Waals surface area contributed by atoms with E-state index in [1.54, 1.807) is 26.0 Å². The van der Waals surface area contributed by atoms with Crippen molar-refractivity contribution in [2.45, 2.75) is 33.4 Å². The summed E-state index contributed by atoms with van der Waals surface area (Å²) in [5.74, 6) is 0.962. The van der Waals surface area contributed by atoms with E-state index in [9.17, 15) is 4.39 Å². The summed E-state index contributed by atoms with van der Waals surface area (Å²) in [6.07, 6.45) is 0. The first-order valence-electron chi connectivity index (χ1n) is 5.85. The summed E-state index contributed by atoms with van der Waals surface area (Å²) in [5, 5.41) is 7.01. The van der Waals surface area contributed by atoms with Crippen LogP contribution in [-0.2, 0) is 6.54 Å². The smallest absolute Gasteiger partial charge is 0.223 e. The second-order valence-corrected chi connectivity index (χ2v) is 4.34. The molecule has 4 nitrogen and oxygen atoms in total. The molecule has 1 atom stereocenters. The summed E-state index contributed by atoms with van der Waals surface area (Å²) in [6, 6.07) is 5.27. The molecule has 0 saturated heterocycles. The predicted octanol–water partition coefficient (Wildman–Crippen LogP) is 2.68. The molecule has 1 aromatic heterocycles. The lowest BCUT2D eigenvalue weighted by atomic mass is 10.1. The van der Waals surface area contributed by atoms with Crippen molar-refractivity contribution in [2.75, 3.05) is 0 Å². The first-order chi connectivity index (χ1) is 8.56. The largest absolute Gasteiger partial charge is 0.340 e. The Morgan fingerprint density at radius 3 is 2.78 bits per heavy atom. The third kappa shape index (κ3) is 2.92. The maximum Gasteiger partial charge on any atom is 0.223 e. The Balaban J connectivity index is 1.99. The molecule has 0 spiro atoms. The van der Waals surface area contributed by atoms with Crippen LogP contribution >= 0.6 is 0 Å². The van der Waals surface area contributed by atoms with E-state index < -0.39 is 0 Å². The average molecular weight is 249 g/mol. The van der Waals surface area contributed by atoms with Crippen molar-refractivity contribution in [3.05, 3.63) is 46.9 Å². The molecule has 0 amide bonds. The van der Waals surface area contributed by atoms with E-state index in [4.69, 9.17) is 4.52 Å². The average Bonchev–Trinajstić information content (AvgIpc) is 2.75. The van der Waals surface area contributed by atoms with Crippen molar-refractivity contribution in [3.8, 4) is 0 Å². The van der Waals surface area contributed by atoms with Crippen LogP contribution in [0.2, 0.25) is 0 Å². The molecule has 0 aliphatic heterocycles. The zero-order chi connectivity index (χ0) is 13.1. The second-order valence-electron chi connectivity index (χ2n) is 4.34. The Morgan fingerprint density at radius 2 is 2.17 bits per heavy atom. The first kappa shape index (κ1) is 12.7. The Bertz CT molecular complexity index is 539. The molecule has 0 aliphatic rings. The van der Waals surface area contributed by atoms with Crippen LogP contribution in [0.1, 0.15) is 35.8 Å². The Morgan fingerprint density at radius 1 is 1.39 bits per heavy atom. The van der Waals surface area contributed by atoms with Gasteiger partial charge < -0.3 is 9.84 Å². The second kappa shape index (κ2) is 5.27. The van der Waals surface area contributed by atoms with Crippen LogP contribution in [-0.4, -0.2) is 10.1 Å². The SMILES string of the molecule is Cc1nc(CNC(C)c2ccc(C)c(F)c2)no1. The van der Waals surface area contributed by atoms with Crippen LogP contribution in [0.3, 0.4) is 0 Å². The van der Waals surface area contributed by atoms with E-state index in [1.807, 2.05) is 13.0 Å². The van der Waals surface area contributed by atoms with Gasteiger partial charge in [-0.05, 0) is 31.0 Å². The molecule has 5 heteroatoms. The number of hydrogen-bond donors (Lipinski definition) is 1. The minimum absolute atomic E-state index is 0.0268. The molecule has 0 aliphatic carbocycles. The number of aryl methyl sites for hydroxylation is 2. The van der Waals surface area contributed by atoms with Gasteiger partial charge in [-0.2, -0.15) is 4.98 Å². The Kier molecular flexibility index (Phi) is 3.72. The minimum atomic E-state index is -0.184. The molecule has 18 heavy (non-hydrogen) atoms. The predicted molar refractivity (Wildman–Crippen MR) is 65.4 cm³/mol. The van der Waals surface area contributed by atoms with Gasteiger partial charge in [-0.1, -0.05) is 17.3 Å². The van der Waals surface area contributed by atoms with Gasteiger partial charge in [-0.15, -0.1) is 0 Å². The van der Waals surface area contributed by atoms with E-state index in [1.165, 1.54) is 0 Å². The van der Waals surface area contributed by atoms with Crippen molar-refractivity contribution in [3.63, 3.8) is 0 Å². The summed E-state index contributed by atoms with van der Waals surface area (Å²) in [6.45, 7) is 5.96. The summed E-state index contributed by atoms with van der Waals surface area (Å²) < 4.78 is 18.3. The molecule has 2 rings (SSSR count). The van der Waals surface area contributed by atoms with Crippen LogP contribution in [0.15, 0.2) is 22.7 Å². The van der Waals surface area contributed by atoms with Gasteiger partial charge in [0.15, 0.2) is 5.82 Å². The van der Waals surface area contributed by atoms with Crippen LogP contribution in [0.25, 0.3) is 0 Å². The third-order valence-corrected chi connectivity index (χ3v) is 2.83. The van der Waals surface area contributed by atoms with E-state index in [0.29, 0.717) is 23.8 Å². The third-order valence-electron chi connectivity index (χ3n) is 2.83. The normalized spacial score (nSPS) is 12.7. The first-order valence-corrected chi connectivity index (χ1v) is 5.85. The molecular weight excluding hydrogens is 233 g/mol. The molecule has 0 bridgehead atoms. The monoisotopic (exact) mass is 249 g/mol. The van der Waals surface area contributed by atoms with Crippen LogP contribution < -0.4 is 5.32 Å². The summed E-state index contributed by atoms with van der Waals surface area (Å²) in [7, 11) is 0. The number of rotatable bonds is 4. The maximum atomic E-state index is 13.4. The van der Waals surface area contributed by atoms with Crippen molar-refractivity contribution in [1.82, 2.24) is 15.5 Å². The van der Waals surface area contributed by atoms with Gasteiger partial charge in [0.1, 0.15) is 5.82 Å². The minimum Gasteiger partial charge on any atom is -0.340 e. The lowest BCUT2D eigenvalue weighted by Gasteiger charge is -2.13. The van der Waals surface area contributed by atoms with Crippen LogP contribution in [0, 0.1) is 19.7 Å². The van der Waals surface area contributed by atoms with Crippen molar-refractivity contribution in [2.24, 2.45) is 0 Å². The summed E-state index contributed by atoms with van der Waals surface area (Å²) in [5.41, 5.74) is 1.55. The molecule has 2 aromatic rings. The highest BCUT2D eigenvalue weighted by molar-refractivity contribution is 5.25. The number of nitrogens with zero attached hydrogens (tertiary/aromatic N) is 2. The lowest BCUT2D eigenvalue weighted by molar-refractivity contribution is 0.384. The fraction of sp³-hybridized carbons (Fsp3) is 0.385. The standard InChI is InChI=1S/C13H16FN3O/c1-8-4-5-11(6-12(8)14)9(2)15-7-13-16-10(3)18-17-13/h4-6,9,15H,7H2,1-3H3. The lowest BCUT2D eigenvalue weighted by Crippen LogP contribution is -2.19. The molecule has 0 fully saturated rings. The molecule has 0 radical (unpaired) electrons. The Labute approximate surface area is 105 Å². The van der Waals surface area contributed by atoms with Gasteiger partial charge in [0.05, 0.1) is 6.54 Å². The van der Waals surface area contributed by atoms with E-state index >= 15 is 0 Å². The van der Waals surface area contributed by atoms with Crippen molar-refractivity contribution < 1.29 is 8.91 Å². The number of hydrogen-bond acceptors (Lipinski definition) is 4. The molecule has 96 valence electrons. The molecule has 0 saturated carbocycles. The van der Waals surface area contributed by atoms with Crippen molar-refractivity contribution in [1.29, 1.82) is 0 Å². The van der Waals surface area contributed by atoms with Gasteiger partial charge in [-0.25, -0.2) is 4.39 Å². The summed E-state index contributed by atoms with van der Waals surface area (Å²) in [4.78, 5) is 4.09. The number of nitrogens with one attached hydrogen (secondary N) is 1. The van der Waals surface area contributed by atoms with Crippen molar-refractivity contribution >= 4 is 0 Å². The van der Waals surface area contributed by atoms with Gasteiger partial charge in [-0.3, -0.25) is 0 Å². The summed E-state index contributed by atoms with van der Waals surface area (Å²) >= 11 is 0. The highest BCUT2D eigenvalue weighted by Crippen LogP contribution is 2.16. The van der Waals surface area contributed by atoms with Gasteiger partial charge in [0, 0.05) is 13.0 Å². The molecule has 1 N–H and O–H groups in total. The fourth-order valence-corrected chi connectivity index (χ4v) is 1.65. The van der Waals surface area contributed by atoms with Crippen LogP contribution in [0.4, 0.5) is 4.39 Å². The topological polar surface area (TPSA) is 51.0 Å². The fourth-order valence-electron chi connectivity index (χ4n) is 1.65.